The number of carbonyl (C=O) groups is 2. The highest BCUT2D eigenvalue weighted by molar-refractivity contribution is 6.09. The van der Waals surface area contributed by atoms with Crippen molar-refractivity contribution < 1.29 is 9.59 Å². The monoisotopic (exact) mass is 391 g/mol. The van der Waals surface area contributed by atoms with Crippen molar-refractivity contribution in [2.75, 3.05) is 23.3 Å². The minimum absolute atomic E-state index is 0.0232. The van der Waals surface area contributed by atoms with Crippen LogP contribution in [0.3, 0.4) is 0 Å². The van der Waals surface area contributed by atoms with Crippen molar-refractivity contribution in [3.8, 4) is 0 Å². The summed E-state index contributed by atoms with van der Waals surface area (Å²) in [6, 6.07) is 13.2. The maximum Gasteiger partial charge on any atom is 0.287 e. The number of fused-ring (bicyclic) bond motifs is 1. The molecule has 1 saturated heterocycles. The molecule has 0 bridgehead atoms. The van der Waals surface area contributed by atoms with E-state index in [9.17, 15) is 9.59 Å². The van der Waals surface area contributed by atoms with Gasteiger partial charge in [0, 0.05) is 36.7 Å². The first-order chi connectivity index (χ1) is 14.0. The molecule has 3 heterocycles. The first-order valence-electron chi connectivity index (χ1n) is 9.97. The van der Waals surface area contributed by atoms with Gasteiger partial charge in [0.1, 0.15) is 0 Å². The van der Waals surface area contributed by atoms with E-state index in [2.05, 4.69) is 20.5 Å². The van der Waals surface area contributed by atoms with E-state index in [0.717, 1.165) is 13.1 Å². The first kappa shape index (κ1) is 19.0. The zero-order chi connectivity index (χ0) is 20.4. The van der Waals surface area contributed by atoms with Crippen molar-refractivity contribution in [3.05, 3.63) is 60.2 Å². The SMILES string of the molecule is CC(C)NC(=O)c1nc(C(=O)Nc2ccc(N3CCCC3)cc2)c2ccccn12. The smallest absolute Gasteiger partial charge is 0.287 e. The maximum absolute atomic E-state index is 12.9. The van der Waals surface area contributed by atoms with Crippen LogP contribution < -0.4 is 15.5 Å². The van der Waals surface area contributed by atoms with Gasteiger partial charge < -0.3 is 15.5 Å². The zero-order valence-corrected chi connectivity index (χ0v) is 16.7. The van der Waals surface area contributed by atoms with E-state index in [1.807, 2.05) is 44.2 Å². The molecule has 0 saturated carbocycles. The van der Waals surface area contributed by atoms with Crippen LogP contribution in [0.1, 0.15) is 47.8 Å². The third-order valence-corrected chi connectivity index (χ3v) is 4.98. The van der Waals surface area contributed by atoms with E-state index in [4.69, 9.17) is 0 Å². The highest BCUT2D eigenvalue weighted by Crippen LogP contribution is 2.23. The lowest BCUT2D eigenvalue weighted by atomic mass is 10.2. The van der Waals surface area contributed by atoms with Crippen molar-refractivity contribution in [1.29, 1.82) is 0 Å². The average Bonchev–Trinajstić information content (AvgIpc) is 3.36. The van der Waals surface area contributed by atoms with Gasteiger partial charge in [-0.25, -0.2) is 4.98 Å². The molecule has 0 unspecified atom stereocenters. The van der Waals surface area contributed by atoms with E-state index in [-0.39, 0.29) is 29.4 Å². The van der Waals surface area contributed by atoms with Gasteiger partial charge in [0.2, 0.25) is 5.82 Å². The van der Waals surface area contributed by atoms with Crippen LogP contribution in [-0.2, 0) is 0 Å². The van der Waals surface area contributed by atoms with Crippen molar-refractivity contribution in [1.82, 2.24) is 14.7 Å². The minimum Gasteiger partial charge on any atom is -0.372 e. The quantitative estimate of drug-likeness (QED) is 0.699. The van der Waals surface area contributed by atoms with Crippen LogP contribution in [-0.4, -0.2) is 40.3 Å². The number of hydrogen-bond donors (Lipinski definition) is 2. The highest BCUT2D eigenvalue weighted by atomic mass is 16.2. The molecule has 0 radical (unpaired) electrons. The predicted octanol–water partition coefficient (Wildman–Crippen LogP) is 3.33. The van der Waals surface area contributed by atoms with Gasteiger partial charge in [-0.2, -0.15) is 0 Å². The second-order valence-electron chi connectivity index (χ2n) is 7.56. The molecular formula is C22H25N5O2. The molecule has 2 N–H and O–H groups in total. The number of aromatic nitrogens is 2. The molecule has 1 aromatic carbocycles. The molecule has 0 atom stereocenters. The second-order valence-corrected chi connectivity index (χ2v) is 7.56. The summed E-state index contributed by atoms with van der Waals surface area (Å²) in [6.45, 7) is 5.92. The van der Waals surface area contributed by atoms with Crippen LogP contribution in [0, 0.1) is 0 Å². The van der Waals surface area contributed by atoms with Crippen LogP contribution in [0.5, 0.6) is 0 Å². The largest absolute Gasteiger partial charge is 0.372 e. The summed E-state index contributed by atoms with van der Waals surface area (Å²) < 4.78 is 1.64. The number of benzene rings is 1. The Labute approximate surface area is 169 Å². The van der Waals surface area contributed by atoms with E-state index in [1.165, 1.54) is 18.5 Å². The van der Waals surface area contributed by atoms with Crippen LogP contribution in [0.25, 0.3) is 5.52 Å². The van der Waals surface area contributed by atoms with E-state index in [0.29, 0.717) is 11.2 Å². The fourth-order valence-electron chi connectivity index (χ4n) is 3.61. The number of amides is 2. The van der Waals surface area contributed by atoms with Crippen LogP contribution in [0.2, 0.25) is 0 Å². The molecule has 7 nitrogen and oxygen atoms in total. The Balaban J connectivity index is 1.57. The molecule has 1 aliphatic heterocycles. The summed E-state index contributed by atoms with van der Waals surface area (Å²) in [5, 5.41) is 5.72. The lowest BCUT2D eigenvalue weighted by Crippen LogP contribution is -2.31. The van der Waals surface area contributed by atoms with Gasteiger partial charge in [-0.05, 0) is 63.1 Å². The molecule has 150 valence electrons. The maximum atomic E-state index is 12.9. The summed E-state index contributed by atoms with van der Waals surface area (Å²) in [5.41, 5.74) is 2.68. The molecule has 1 aliphatic rings. The van der Waals surface area contributed by atoms with Crippen molar-refractivity contribution in [2.45, 2.75) is 32.7 Å². The number of rotatable bonds is 5. The molecule has 0 spiro atoms. The molecule has 2 amide bonds. The number of carbonyl (C=O) groups excluding carboxylic acids is 2. The third kappa shape index (κ3) is 3.94. The number of nitrogens with one attached hydrogen (secondary N) is 2. The van der Waals surface area contributed by atoms with Crippen molar-refractivity contribution in [2.24, 2.45) is 0 Å². The van der Waals surface area contributed by atoms with Crippen LogP contribution in [0.15, 0.2) is 48.7 Å². The lowest BCUT2D eigenvalue weighted by molar-refractivity contribution is 0.0932. The molecule has 3 aromatic rings. The fourth-order valence-corrected chi connectivity index (χ4v) is 3.61. The summed E-state index contributed by atoms with van der Waals surface area (Å²) in [7, 11) is 0. The Bertz CT molecular complexity index is 1030. The van der Waals surface area contributed by atoms with Crippen LogP contribution >= 0.6 is 0 Å². The summed E-state index contributed by atoms with van der Waals surface area (Å²) in [6.07, 6.45) is 4.18. The molecule has 2 aromatic heterocycles. The molecule has 29 heavy (non-hydrogen) atoms. The Hall–Kier alpha value is -3.35. The number of anilines is 2. The van der Waals surface area contributed by atoms with Gasteiger partial charge in [0.05, 0.1) is 5.52 Å². The third-order valence-electron chi connectivity index (χ3n) is 4.98. The summed E-state index contributed by atoms with van der Waals surface area (Å²) in [4.78, 5) is 32.1. The molecule has 1 fully saturated rings. The van der Waals surface area contributed by atoms with Crippen molar-refractivity contribution >= 4 is 28.7 Å². The fraction of sp³-hybridized carbons (Fsp3) is 0.318. The number of nitrogens with zero attached hydrogens (tertiary/aromatic N) is 3. The molecule has 0 aliphatic carbocycles. The molecule has 4 rings (SSSR count). The highest BCUT2D eigenvalue weighted by Gasteiger charge is 2.22. The van der Waals surface area contributed by atoms with Gasteiger partial charge in [-0.15, -0.1) is 0 Å². The van der Waals surface area contributed by atoms with Crippen molar-refractivity contribution in [3.63, 3.8) is 0 Å². The molecular weight excluding hydrogens is 366 g/mol. The lowest BCUT2D eigenvalue weighted by Gasteiger charge is -2.17. The number of hydrogen-bond acceptors (Lipinski definition) is 4. The van der Waals surface area contributed by atoms with Gasteiger partial charge >= 0.3 is 0 Å². The van der Waals surface area contributed by atoms with E-state index < -0.39 is 0 Å². The average molecular weight is 391 g/mol. The Kier molecular flexibility index (Phi) is 5.20. The zero-order valence-electron chi connectivity index (χ0n) is 16.7. The summed E-state index contributed by atoms with van der Waals surface area (Å²) in [5.74, 6) is -0.453. The van der Waals surface area contributed by atoms with Gasteiger partial charge in [-0.3, -0.25) is 14.0 Å². The number of pyridine rings is 1. The minimum atomic E-state index is -0.341. The standard InChI is InChI=1S/C22H25N5O2/c1-15(2)23-22(29)20-25-19(18-7-3-4-14-27(18)20)21(28)24-16-8-10-17(11-9-16)26-12-5-6-13-26/h3-4,7-11,14-15H,5-6,12-13H2,1-2H3,(H,23,29)(H,24,28). The Morgan fingerprint density at radius 2 is 1.72 bits per heavy atom. The normalized spacial score (nSPS) is 13.8. The predicted molar refractivity (Wildman–Crippen MR) is 114 cm³/mol. The Morgan fingerprint density at radius 3 is 2.41 bits per heavy atom. The van der Waals surface area contributed by atoms with E-state index in [1.54, 1.807) is 22.7 Å². The second kappa shape index (κ2) is 7.95. The Morgan fingerprint density at radius 1 is 1.00 bits per heavy atom. The molecule has 7 heteroatoms. The van der Waals surface area contributed by atoms with Gasteiger partial charge in [0.25, 0.3) is 11.8 Å². The first-order valence-corrected chi connectivity index (χ1v) is 9.97. The van der Waals surface area contributed by atoms with E-state index >= 15 is 0 Å². The topological polar surface area (TPSA) is 78.7 Å². The number of imidazole rings is 1. The van der Waals surface area contributed by atoms with Gasteiger partial charge in [-0.1, -0.05) is 6.07 Å². The van der Waals surface area contributed by atoms with Gasteiger partial charge in [0.15, 0.2) is 5.69 Å². The summed E-state index contributed by atoms with van der Waals surface area (Å²) >= 11 is 0. The van der Waals surface area contributed by atoms with Crippen LogP contribution in [0.4, 0.5) is 11.4 Å².